The zero-order valence-corrected chi connectivity index (χ0v) is 10.9. The second-order valence-electron chi connectivity index (χ2n) is 4.00. The standard InChI is InChI=1S/C11H16.C3H6O2/c1-8(2)11-7-5-6-9(3)10(11)4;1-2-5-3-4/h5-8H,1-4H3;3H,2H2,1H3. The highest BCUT2D eigenvalue weighted by molar-refractivity contribution is 5.36. The fourth-order valence-electron chi connectivity index (χ4n) is 1.47. The Morgan fingerprint density at radius 2 is 1.94 bits per heavy atom. The average Bonchev–Trinajstić information content (AvgIpc) is 2.24. The molecule has 0 aliphatic carbocycles. The van der Waals surface area contributed by atoms with E-state index in [0.29, 0.717) is 19.0 Å². The highest BCUT2D eigenvalue weighted by Gasteiger charge is 2.03. The number of ether oxygens (including phenoxy) is 1. The van der Waals surface area contributed by atoms with E-state index in [1.807, 2.05) is 0 Å². The summed E-state index contributed by atoms with van der Waals surface area (Å²) < 4.78 is 4.15. The lowest BCUT2D eigenvalue weighted by molar-refractivity contribution is -0.128. The summed E-state index contributed by atoms with van der Waals surface area (Å²) in [4.78, 5) is 9.18. The van der Waals surface area contributed by atoms with Crippen LogP contribution in [0.1, 0.15) is 43.4 Å². The topological polar surface area (TPSA) is 26.3 Å². The minimum atomic E-state index is 0.431. The third-order valence-electron chi connectivity index (χ3n) is 2.50. The van der Waals surface area contributed by atoms with E-state index in [4.69, 9.17) is 0 Å². The van der Waals surface area contributed by atoms with Crippen LogP contribution in [0.25, 0.3) is 0 Å². The second-order valence-corrected chi connectivity index (χ2v) is 4.00. The first kappa shape index (κ1) is 14.7. The van der Waals surface area contributed by atoms with Gasteiger partial charge in [-0.3, -0.25) is 4.79 Å². The molecular formula is C14H22O2. The Hall–Kier alpha value is -1.31. The molecule has 0 amide bonds. The van der Waals surface area contributed by atoms with Crippen molar-refractivity contribution < 1.29 is 9.53 Å². The van der Waals surface area contributed by atoms with Gasteiger partial charge < -0.3 is 4.74 Å². The molecule has 0 spiro atoms. The van der Waals surface area contributed by atoms with E-state index in [1.54, 1.807) is 6.92 Å². The number of carbonyl (C=O) groups excluding carboxylic acids is 1. The molecule has 2 heteroatoms. The molecule has 0 aliphatic rings. The zero-order valence-electron chi connectivity index (χ0n) is 10.9. The molecule has 0 aliphatic heterocycles. The van der Waals surface area contributed by atoms with Crippen LogP contribution in [0.15, 0.2) is 18.2 Å². The fraction of sp³-hybridized carbons (Fsp3) is 0.500. The van der Waals surface area contributed by atoms with Gasteiger partial charge in [-0.05, 0) is 43.4 Å². The fourth-order valence-corrected chi connectivity index (χ4v) is 1.47. The molecule has 0 bridgehead atoms. The van der Waals surface area contributed by atoms with Crippen LogP contribution >= 0.6 is 0 Å². The van der Waals surface area contributed by atoms with Crippen LogP contribution in [0.4, 0.5) is 0 Å². The van der Waals surface area contributed by atoms with Crippen molar-refractivity contribution >= 4 is 6.47 Å². The predicted molar refractivity (Wildman–Crippen MR) is 67.7 cm³/mol. The monoisotopic (exact) mass is 222 g/mol. The van der Waals surface area contributed by atoms with E-state index in [0.717, 1.165) is 0 Å². The van der Waals surface area contributed by atoms with Gasteiger partial charge in [0.1, 0.15) is 0 Å². The lowest BCUT2D eigenvalue weighted by Gasteiger charge is -2.10. The Morgan fingerprint density at radius 3 is 2.25 bits per heavy atom. The average molecular weight is 222 g/mol. The van der Waals surface area contributed by atoms with Crippen LogP contribution in [-0.2, 0) is 9.53 Å². The van der Waals surface area contributed by atoms with Crippen molar-refractivity contribution in [2.45, 2.75) is 40.5 Å². The third kappa shape index (κ3) is 4.96. The molecule has 1 aromatic carbocycles. The molecular weight excluding hydrogens is 200 g/mol. The van der Waals surface area contributed by atoms with Gasteiger partial charge in [-0.2, -0.15) is 0 Å². The quantitative estimate of drug-likeness (QED) is 0.730. The summed E-state index contributed by atoms with van der Waals surface area (Å²) in [5, 5.41) is 0. The van der Waals surface area contributed by atoms with Crippen LogP contribution in [-0.4, -0.2) is 13.1 Å². The molecule has 0 fully saturated rings. The summed E-state index contributed by atoms with van der Waals surface area (Å²) in [5.41, 5.74) is 4.32. The van der Waals surface area contributed by atoms with Gasteiger partial charge in [0.2, 0.25) is 0 Å². The van der Waals surface area contributed by atoms with E-state index in [-0.39, 0.29) is 0 Å². The van der Waals surface area contributed by atoms with Crippen molar-refractivity contribution in [1.29, 1.82) is 0 Å². The smallest absolute Gasteiger partial charge is 0.293 e. The molecule has 0 atom stereocenters. The van der Waals surface area contributed by atoms with Crippen molar-refractivity contribution in [3.63, 3.8) is 0 Å². The molecule has 0 unspecified atom stereocenters. The zero-order chi connectivity index (χ0) is 12.6. The Kier molecular flexibility index (Phi) is 7.27. The summed E-state index contributed by atoms with van der Waals surface area (Å²) in [6, 6.07) is 6.52. The molecule has 1 aromatic rings. The molecule has 90 valence electrons. The number of carbonyl (C=O) groups is 1. The molecule has 0 radical (unpaired) electrons. The predicted octanol–water partition coefficient (Wildman–Crippen LogP) is 3.61. The number of rotatable bonds is 3. The van der Waals surface area contributed by atoms with Crippen LogP contribution < -0.4 is 0 Å². The molecule has 16 heavy (non-hydrogen) atoms. The molecule has 1 rings (SSSR count). The van der Waals surface area contributed by atoms with Gasteiger partial charge in [0.25, 0.3) is 6.47 Å². The van der Waals surface area contributed by atoms with Gasteiger partial charge in [0, 0.05) is 0 Å². The molecule has 0 saturated carbocycles. The molecule has 0 N–H and O–H groups in total. The summed E-state index contributed by atoms with van der Waals surface area (Å²) in [7, 11) is 0. The van der Waals surface area contributed by atoms with Crippen LogP contribution in [0.5, 0.6) is 0 Å². The van der Waals surface area contributed by atoms with Gasteiger partial charge in [0.05, 0.1) is 6.61 Å². The first-order valence-corrected chi connectivity index (χ1v) is 5.65. The number of hydrogen-bond acceptors (Lipinski definition) is 2. The minimum Gasteiger partial charge on any atom is -0.468 e. The van der Waals surface area contributed by atoms with Gasteiger partial charge in [-0.25, -0.2) is 0 Å². The maximum atomic E-state index is 9.18. The lowest BCUT2D eigenvalue weighted by Crippen LogP contribution is -1.93. The van der Waals surface area contributed by atoms with Crippen LogP contribution in [0.2, 0.25) is 0 Å². The Balaban J connectivity index is 0.000000385. The van der Waals surface area contributed by atoms with Gasteiger partial charge in [0.15, 0.2) is 0 Å². The van der Waals surface area contributed by atoms with Crippen molar-refractivity contribution in [3.05, 3.63) is 34.9 Å². The van der Waals surface area contributed by atoms with Gasteiger partial charge >= 0.3 is 0 Å². The normalized spacial score (nSPS) is 9.38. The summed E-state index contributed by atoms with van der Waals surface area (Å²) in [6.07, 6.45) is 0. The summed E-state index contributed by atoms with van der Waals surface area (Å²) >= 11 is 0. The van der Waals surface area contributed by atoms with Crippen molar-refractivity contribution in [3.8, 4) is 0 Å². The van der Waals surface area contributed by atoms with Crippen molar-refractivity contribution in [2.75, 3.05) is 6.61 Å². The third-order valence-corrected chi connectivity index (χ3v) is 2.50. The maximum absolute atomic E-state index is 9.18. The Bertz CT molecular complexity index is 317. The van der Waals surface area contributed by atoms with Gasteiger partial charge in [-0.15, -0.1) is 0 Å². The highest BCUT2D eigenvalue weighted by atomic mass is 16.5. The van der Waals surface area contributed by atoms with Crippen LogP contribution in [0.3, 0.4) is 0 Å². The largest absolute Gasteiger partial charge is 0.468 e. The molecule has 2 nitrogen and oxygen atoms in total. The second kappa shape index (κ2) is 7.91. The first-order valence-electron chi connectivity index (χ1n) is 5.65. The summed E-state index contributed by atoms with van der Waals surface area (Å²) in [6.45, 7) is 11.5. The lowest BCUT2D eigenvalue weighted by atomic mass is 9.95. The maximum Gasteiger partial charge on any atom is 0.293 e. The highest BCUT2D eigenvalue weighted by Crippen LogP contribution is 2.20. The molecule has 0 aromatic heterocycles. The Labute approximate surface area is 98.6 Å². The Morgan fingerprint density at radius 1 is 1.31 bits per heavy atom. The summed E-state index contributed by atoms with van der Waals surface area (Å²) in [5.74, 6) is 0.648. The SMILES string of the molecule is CCOC=O.Cc1cccc(C(C)C)c1C. The minimum absolute atomic E-state index is 0.431. The number of aryl methyl sites for hydroxylation is 1. The van der Waals surface area contributed by atoms with Crippen LogP contribution in [0, 0.1) is 13.8 Å². The van der Waals surface area contributed by atoms with E-state index >= 15 is 0 Å². The first-order chi connectivity index (χ1) is 7.54. The van der Waals surface area contributed by atoms with E-state index < -0.39 is 0 Å². The molecule has 0 heterocycles. The number of hydrogen-bond donors (Lipinski definition) is 0. The van der Waals surface area contributed by atoms with E-state index in [1.165, 1.54) is 16.7 Å². The van der Waals surface area contributed by atoms with Gasteiger partial charge in [-0.1, -0.05) is 32.0 Å². The van der Waals surface area contributed by atoms with Crippen molar-refractivity contribution in [1.82, 2.24) is 0 Å². The molecule has 0 saturated heterocycles. The number of benzene rings is 1. The van der Waals surface area contributed by atoms with Crippen molar-refractivity contribution in [2.24, 2.45) is 0 Å². The van der Waals surface area contributed by atoms with E-state index in [2.05, 4.69) is 50.6 Å². The van der Waals surface area contributed by atoms with E-state index in [9.17, 15) is 4.79 Å².